The SMILES string of the molecule is CCCOc1ccc(S(=O)(=O)N2CCN(CCO)CC2)cc1-c1nc2c([nH]1)c(=O)n(C)c(=O)n2CCC. The van der Waals surface area contributed by atoms with E-state index >= 15 is 0 Å². The van der Waals surface area contributed by atoms with Crippen LogP contribution in [-0.2, 0) is 23.6 Å². The number of hydrogen-bond acceptors (Lipinski definition) is 8. The van der Waals surface area contributed by atoms with Crippen molar-refractivity contribution in [2.75, 3.05) is 45.9 Å². The molecular formula is C24H34N6O6S. The lowest BCUT2D eigenvalue weighted by atomic mass is 10.2. The number of rotatable bonds is 10. The second kappa shape index (κ2) is 11.2. The molecule has 0 amide bonds. The molecular weight excluding hydrogens is 500 g/mol. The van der Waals surface area contributed by atoms with Gasteiger partial charge < -0.3 is 14.8 Å². The first-order valence-electron chi connectivity index (χ1n) is 12.5. The summed E-state index contributed by atoms with van der Waals surface area (Å²) < 4.78 is 36.8. The van der Waals surface area contributed by atoms with Crippen LogP contribution in [0.5, 0.6) is 5.75 Å². The van der Waals surface area contributed by atoms with Crippen LogP contribution in [0.1, 0.15) is 26.7 Å². The first-order valence-corrected chi connectivity index (χ1v) is 14.0. The third-order valence-electron chi connectivity index (χ3n) is 6.48. The van der Waals surface area contributed by atoms with Crippen LogP contribution in [0.3, 0.4) is 0 Å². The Balaban J connectivity index is 1.81. The number of ether oxygens (including phenoxy) is 1. The lowest BCUT2D eigenvalue weighted by molar-refractivity contribution is 0.151. The summed E-state index contributed by atoms with van der Waals surface area (Å²) in [5.41, 5.74) is -0.190. The van der Waals surface area contributed by atoms with Gasteiger partial charge >= 0.3 is 5.69 Å². The van der Waals surface area contributed by atoms with Gasteiger partial charge in [-0.15, -0.1) is 0 Å². The molecule has 3 aromatic rings. The fraction of sp³-hybridized carbons (Fsp3) is 0.542. The van der Waals surface area contributed by atoms with E-state index < -0.39 is 21.3 Å². The largest absolute Gasteiger partial charge is 0.493 e. The highest BCUT2D eigenvalue weighted by atomic mass is 32.2. The number of hydrogen-bond donors (Lipinski definition) is 2. The van der Waals surface area contributed by atoms with Crippen molar-refractivity contribution < 1.29 is 18.3 Å². The summed E-state index contributed by atoms with van der Waals surface area (Å²) in [6.45, 7) is 6.91. The number of nitrogens with one attached hydrogen (secondary N) is 1. The minimum absolute atomic E-state index is 0.0298. The first-order chi connectivity index (χ1) is 17.7. The molecule has 1 fully saturated rings. The smallest absolute Gasteiger partial charge is 0.332 e. The lowest BCUT2D eigenvalue weighted by Crippen LogP contribution is -2.49. The molecule has 0 spiro atoms. The summed E-state index contributed by atoms with van der Waals surface area (Å²) in [6, 6.07) is 4.62. The van der Waals surface area contributed by atoms with E-state index in [4.69, 9.17) is 9.84 Å². The third-order valence-corrected chi connectivity index (χ3v) is 8.37. The van der Waals surface area contributed by atoms with Gasteiger partial charge in [0, 0.05) is 46.3 Å². The van der Waals surface area contributed by atoms with Crippen LogP contribution >= 0.6 is 0 Å². The second-order valence-electron chi connectivity index (χ2n) is 9.06. The highest BCUT2D eigenvalue weighted by Crippen LogP contribution is 2.33. The van der Waals surface area contributed by atoms with Crippen molar-refractivity contribution in [3.63, 3.8) is 0 Å². The number of aryl methyl sites for hydroxylation is 1. The van der Waals surface area contributed by atoms with Crippen LogP contribution in [0, 0.1) is 0 Å². The predicted molar refractivity (Wildman–Crippen MR) is 139 cm³/mol. The number of benzene rings is 1. The number of β-amino-alcohol motifs (C(OH)–C–C–N with tert-alkyl or cyclic N) is 1. The summed E-state index contributed by atoms with van der Waals surface area (Å²) in [5.74, 6) is 0.673. The Hall–Kier alpha value is -3.00. The number of fused-ring (bicyclic) bond motifs is 1. The molecule has 0 atom stereocenters. The number of nitrogens with zero attached hydrogens (tertiary/aromatic N) is 5. The van der Waals surface area contributed by atoms with E-state index in [1.165, 1.54) is 28.1 Å². The van der Waals surface area contributed by atoms with E-state index in [2.05, 4.69) is 9.97 Å². The van der Waals surface area contributed by atoms with Gasteiger partial charge in [0.1, 0.15) is 17.1 Å². The molecule has 202 valence electrons. The molecule has 12 nitrogen and oxygen atoms in total. The van der Waals surface area contributed by atoms with E-state index in [-0.39, 0.29) is 28.5 Å². The summed E-state index contributed by atoms with van der Waals surface area (Å²) in [4.78, 5) is 35.3. The molecule has 0 radical (unpaired) electrons. The van der Waals surface area contributed by atoms with Gasteiger partial charge in [-0.3, -0.25) is 18.8 Å². The van der Waals surface area contributed by atoms with Gasteiger partial charge in [-0.25, -0.2) is 18.2 Å². The van der Waals surface area contributed by atoms with E-state index in [9.17, 15) is 18.0 Å². The molecule has 1 aromatic carbocycles. The fourth-order valence-corrected chi connectivity index (χ4v) is 5.91. The Bertz CT molecular complexity index is 1480. The molecule has 0 saturated carbocycles. The van der Waals surface area contributed by atoms with Gasteiger partial charge in [0.15, 0.2) is 5.65 Å². The minimum Gasteiger partial charge on any atom is -0.493 e. The minimum atomic E-state index is -3.81. The van der Waals surface area contributed by atoms with Crippen molar-refractivity contribution in [1.82, 2.24) is 28.3 Å². The number of aliphatic hydroxyl groups is 1. The molecule has 2 N–H and O–H groups in total. The number of aromatic amines is 1. The van der Waals surface area contributed by atoms with Crippen LogP contribution in [0.4, 0.5) is 0 Å². The Labute approximate surface area is 215 Å². The Morgan fingerprint density at radius 3 is 2.46 bits per heavy atom. The van der Waals surface area contributed by atoms with E-state index in [1.807, 2.05) is 18.7 Å². The van der Waals surface area contributed by atoms with Gasteiger partial charge in [-0.2, -0.15) is 4.31 Å². The van der Waals surface area contributed by atoms with Gasteiger partial charge in [-0.1, -0.05) is 13.8 Å². The maximum atomic E-state index is 13.5. The number of aliphatic hydroxyl groups excluding tert-OH is 1. The summed E-state index contributed by atoms with van der Waals surface area (Å²) in [5, 5.41) is 9.16. The Morgan fingerprint density at radius 1 is 1.08 bits per heavy atom. The zero-order chi connectivity index (χ0) is 26.7. The molecule has 1 aliphatic rings. The summed E-state index contributed by atoms with van der Waals surface area (Å²) >= 11 is 0. The zero-order valence-electron chi connectivity index (χ0n) is 21.4. The number of piperazine rings is 1. The second-order valence-corrected chi connectivity index (χ2v) is 11.0. The van der Waals surface area contributed by atoms with Crippen LogP contribution in [0.25, 0.3) is 22.6 Å². The van der Waals surface area contributed by atoms with Crippen LogP contribution in [-0.4, -0.2) is 87.8 Å². The molecule has 1 aliphatic heterocycles. The van der Waals surface area contributed by atoms with Crippen molar-refractivity contribution in [2.45, 2.75) is 38.1 Å². The van der Waals surface area contributed by atoms with Gasteiger partial charge in [-0.05, 0) is 31.0 Å². The normalized spacial score (nSPS) is 15.5. The van der Waals surface area contributed by atoms with Crippen molar-refractivity contribution >= 4 is 21.2 Å². The molecule has 2 aromatic heterocycles. The monoisotopic (exact) mass is 534 g/mol. The quantitative estimate of drug-likeness (QED) is 0.385. The van der Waals surface area contributed by atoms with Crippen molar-refractivity contribution in [3.05, 3.63) is 39.0 Å². The number of imidazole rings is 1. The van der Waals surface area contributed by atoms with E-state index in [0.29, 0.717) is 63.6 Å². The van der Waals surface area contributed by atoms with Crippen LogP contribution in [0.2, 0.25) is 0 Å². The average molecular weight is 535 g/mol. The summed E-state index contributed by atoms with van der Waals surface area (Å²) in [6.07, 6.45) is 1.41. The average Bonchev–Trinajstić information content (AvgIpc) is 3.34. The Kier molecular flexibility index (Phi) is 8.17. The van der Waals surface area contributed by atoms with Gasteiger partial charge in [0.25, 0.3) is 5.56 Å². The molecule has 4 rings (SSSR count). The maximum absolute atomic E-state index is 13.5. The number of aromatic nitrogens is 4. The standard InChI is InChI=1S/C24H34N6O6S/c1-4-8-30-22-20(23(32)27(3)24(30)33)25-21(26-22)18-16-17(6-7-19(18)36-15-5-2)37(34,35)29-11-9-28(10-12-29)13-14-31/h6-7,16,31H,4-5,8-15H2,1-3H3,(H,25,26). The number of H-pyrrole nitrogens is 1. The van der Waals surface area contributed by atoms with Crippen molar-refractivity contribution in [3.8, 4) is 17.1 Å². The first kappa shape index (κ1) is 27.0. The van der Waals surface area contributed by atoms with Crippen LogP contribution < -0.4 is 16.0 Å². The summed E-state index contributed by atoms with van der Waals surface area (Å²) in [7, 11) is -2.39. The van der Waals surface area contributed by atoms with Crippen molar-refractivity contribution in [1.29, 1.82) is 0 Å². The predicted octanol–water partition coefficient (Wildman–Crippen LogP) is 0.588. The highest BCUT2D eigenvalue weighted by Gasteiger charge is 2.29. The maximum Gasteiger partial charge on any atom is 0.332 e. The molecule has 3 heterocycles. The van der Waals surface area contributed by atoms with Gasteiger partial charge in [0.05, 0.1) is 23.7 Å². The zero-order valence-corrected chi connectivity index (χ0v) is 22.3. The fourth-order valence-electron chi connectivity index (χ4n) is 4.46. The van der Waals surface area contributed by atoms with Crippen LogP contribution in [0.15, 0.2) is 32.7 Å². The molecule has 37 heavy (non-hydrogen) atoms. The molecule has 13 heteroatoms. The number of sulfonamides is 1. The van der Waals surface area contributed by atoms with Gasteiger partial charge in [0.2, 0.25) is 10.0 Å². The molecule has 0 bridgehead atoms. The van der Waals surface area contributed by atoms with E-state index in [1.54, 1.807) is 6.07 Å². The Morgan fingerprint density at radius 2 is 1.81 bits per heavy atom. The topological polar surface area (TPSA) is 143 Å². The molecule has 0 aliphatic carbocycles. The third kappa shape index (κ3) is 5.21. The van der Waals surface area contributed by atoms with Crippen molar-refractivity contribution in [2.24, 2.45) is 7.05 Å². The highest BCUT2D eigenvalue weighted by molar-refractivity contribution is 7.89. The molecule has 1 saturated heterocycles. The lowest BCUT2D eigenvalue weighted by Gasteiger charge is -2.33. The van der Waals surface area contributed by atoms with E-state index in [0.717, 1.165) is 11.0 Å². The molecule has 0 unspecified atom stereocenters.